The number of nitrogens with one attached hydrogen (secondary N) is 1. The number of urea groups is 1. The molecule has 3 amide bonds. The molecule has 1 aliphatic carbocycles. The second-order valence-corrected chi connectivity index (χ2v) is 11.6. The lowest BCUT2D eigenvalue weighted by Crippen LogP contribution is -2.58. The highest BCUT2D eigenvalue weighted by atomic mass is 16.5. The molecular weight excluding hydrogens is 512 g/mol. The number of fused-ring (bicyclic) bond motifs is 1. The number of hydrogen-bond acceptors (Lipinski definition) is 8. The van der Waals surface area contributed by atoms with E-state index in [4.69, 9.17) is 16.2 Å². The SMILES string of the molecule is COc1cc(-n2ccc(NC(=O)N3CCN(C(=O)C(C)(C)N)CC3)nc2=O)ccc1CCN1C[C@@H]2C(CN)[C@@H]2C1. The van der Waals surface area contributed by atoms with Gasteiger partial charge in [0.15, 0.2) is 0 Å². The molecule has 3 heterocycles. The fourth-order valence-electron chi connectivity index (χ4n) is 6.02. The van der Waals surface area contributed by atoms with Crippen LogP contribution in [-0.2, 0) is 11.2 Å². The van der Waals surface area contributed by atoms with E-state index in [0.717, 1.165) is 55.7 Å². The number of benzene rings is 1. The fraction of sp³-hybridized carbons (Fsp3) is 0.571. The van der Waals surface area contributed by atoms with Crippen molar-refractivity contribution in [2.75, 3.05) is 64.8 Å². The van der Waals surface area contributed by atoms with Gasteiger partial charge < -0.3 is 30.9 Å². The first-order valence-electron chi connectivity index (χ1n) is 13.9. The molecule has 5 N–H and O–H groups in total. The summed E-state index contributed by atoms with van der Waals surface area (Å²) in [7, 11) is 1.63. The van der Waals surface area contributed by atoms with Crippen LogP contribution in [-0.4, -0.2) is 101 Å². The summed E-state index contributed by atoms with van der Waals surface area (Å²) in [6, 6.07) is 6.93. The number of piperazine rings is 1. The third-order valence-electron chi connectivity index (χ3n) is 8.41. The highest BCUT2D eigenvalue weighted by Gasteiger charge is 2.54. The summed E-state index contributed by atoms with van der Waals surface area (Å²) in [6.45, 7) is 8.87. The van der Waals surface area contributed by atoms with E-state index in [1.807, 2.05) is 18.2 Å². The highest BCUT2D eigenvalue weighted by Crippen LogP contribution is 2.50. The van der Waals surface area contributed by atoms with Gasteiger partial charge in [-0.1, -0.05) is 6.07 Å². The number of piperidine rings is 1. The molecule has 12 nitrogen and oxygen atoms in total. The van der Waals surface area contributed by atoms with Crippen molar-refractivity contribution in [3.63, 3.8) is 0 Å². The first-order valence-corrected chi connectivity index (χ1v) is 13.9. The number of anilines is 1. The molecule has 1 aromatic heterocycles. The predicted molar refractivity (Wildman–Crippen MR) is 151 cm³/mol. The van der Waals surface area contributed by atoms with Gasteiger partial charge >= 0.3 is 11.7 Å². The van der Waals surface area contributed by atoms with E-state index in [9.17, 15) is 14.4 Å². The van der Waals surface area contributed by atoms with Gasteiger partial charge in [0.2, 0.25) is 5.91 Å². The maximum absolute atomic E-state index is 12.9. The molecular formula is C28H40N8O4. The standard InChI is InChI=1S/C28H40N8O4/c1-28(2,30)25(37)34-10-12-35(13-11-34)26(38)31-24-7-9-36(27(39)32-24)19-5-4-18(23(14-19)40-3)6-8-33-16-21-20(15-29)22(21)17-33/h4-5,7,9,14,20-22H,6,8,10-13,15-17,29-30H2,1-3H3,(H,31,32,38,39)/t20?,21-,22+. The number of ether oxygens (including phenoxy) is 1. The predicted octanol–water partition coefficient (Wildman–Crippen LogP) is 0.334. The third kappa shape index (κ3) is 5.84. The lowest BCUT2D eigenvalue weighted by atomic mass is 10.1. The minimum atomic E-state index is -0.953. The second-order valence-electron chi connectivity index (χ2n) is 11.6. The van der Waals surface area contributed by atoms with Crippen LogP contribution in [0.5, 0.6) is 5.75 Å². The molecule has 3 fully saturated rings. The maximum atomic E-state index is 12.9. The monoisotopic (exact) mass is 552 g/mol. The molecule has 3 atom stereocenters. The maximum Gasteiger partial charge on any atom is 0.354 e. The number of hydrogen-bond donors (Lipinski definition) is 3. The average Bonchev–Trinajstić information content (AvgIpc) is 3.42. The molecule has 40 heavy (non-hydrogen) atoms. The average molecular weight is 553 g/mol. The summed E-state index contributed by atoms with van der Waals surface area (Å²) in [5, 5.41) is 2.69. The van der Waals surface area contributed by atoms with Gasteiger partial charge in [-0.25, -0.2) is 9.59 Å². The molecule has 1 unspecified atom stereocenters. The van der Waals surface area contributed by atoms with E-state index < -0.39 is 11.2 Å². The van der Waals surface area contributed by atoms with E-state index in [1.54, 1.807) is 43.0 Å². The largest absolute Gasteiger partial charge is 0.496 e. The Bertz CT molecular complexity index is 1300. The van der Waals surface area contributed by atoms with E-state index in [-0.39, 0.29) is 17.8 Å². The number of nitrogens with two attached hydrogens (primary N) is 2. The van der Waals surface area contributed by atoms with Crippen LogP contribution in [0, 0.1) is 17.8 Å². The molecule has 3 aliphatic rings. The van der Waals surface area contributed by atoms with Crippen LogP contribution in [0.1, 0.15) is 19.4 Å². The quantitative estimate of drug-likeness (QED) is 0.424. The van der Waals surface area contributed by atoms with Crippen LogP contribution >= 0.6 is 0 Å². The molecule has 2 aliphatic heterocycles. The molecule has 1 saturated carbocycles. The Morgan fingerprint density at radius 3 is 2.38 bits per heavy atom. The molecule has 5 rings (SSSR count). The molecule has 0 radical (unpaired) electrons. The van der Waals surface area contributed by atoms with E-state index >= 15 is 0 Å². The summed E-state index contributed by atoms with van der Waals surface area (Å²) in [4.78, 5) is 47.8. The van der Waals surface area contributed by atoms with Gasteiger partial charge in [-0.05, 0) is 62.3 Å². The first kappa shape index (κ1) is 28.1. The summed E-state index contributed by atoms with van der Waals surface area (Å²) < 4.78 is 7.06. The third-order valence-corrected chi connectivity index (χ3v) is 8.41. The lowest BCUT2D eigenvalue weighted by molar-refractivity contribution is -0.137. The van der Waals surface area contributed by atoms with Crippen LogP contribution in [0.15, 0.2) is 35.3 Å². The van der Waals surface area contributed by atoms with E-state index in [0.29, 0.717) is 37.8 Å². The number of methoxy groups -OCH3 is 1. The number of carbonyl (C=O) groups excluding carboxylic acids is 2. The Labute approximate surface area is 234 Å². The van der Waals surface area contributed by atoms with Crippen molar-refractivity contribution in [2.45, 2.75) is 25.8 Å². The van der Waals surface area contributed by atoms with Gasteiger partial charge in [-0.3, -0.25) is 14.7 Å². The molecule has 2 aromatic rings. The van der Waals surface area contributed by atoms with Crippen LogP contribution in [0.4, 0.5) is 10.6 Å². The molecule has 216 valence electrons. The number of rotatable bonds is 8. The van der Waals surface area contributed by atoms with Gasteiger partial charge in [0.1, 0.15) is 11.6 Å². The molecule has 0 spiro atoms. The molecule has 1 aromatic carbocycles. The van der Waals surface area contributed by atoms with Crippen LogP contribution in [0.25, 0.3) is 5.69 Å². The topological polar surface area (TPSA) is 152 Å². The Kier molecular flexibility index (Phi) is 7.85. The molecule has 2 saturated heterocycles. The van der Waals surface area contributed by atoms with Crippen molar-refractivity contribution >= 4 is 17.8 Å². The van der Waals surface area contributed by atoms with Crippen molar-refractivity contribution in [2.24, 2.45) is 29.2 Å². The highest BCUT2D eigenvalue weighted by molar-refractivity contribution is 5.89. The van der Waals surface area contributed by atoms with Gasteiger partial charge in [0.05, 0.1) is 18.3 Å². The van der Waals surface area contributed by atoms with Crippen LogP contribution in [0.3, 0.4) is 0 Å². The summed E-state index contributed by atoms with van der Waals surface area (Å²) in [6.07, 6.45) is 2.45. The zero-order valence-corrected chi connectivity index (χ0v) is 23.5. The van der Waals surface area contributed by atoms with Gasteiger partial charge in [0, 0.05) is 58.1 Å². The summed E-state index contributed by atoms with van der Waals surface area (Å²) in [5.74, 6) is 3.00. The van der Waals surface area contributed by atoms with Crippen LogP contribution in [0.2, 0.25) is 0 Å². The Morgan fingerprint density at radius 1 is 1.10 bits per heavy atom. The lowest BCUT2D eigenvalue weighted by Gasteiger charge is -2.37. The van der Waals surface area contributed by atoms with Crippen molar-refractivity contribution in [1.29, 1.82) is 0 Å². The van der Waals surface area contributed by atoms with Crippen LogP contribution < -0.4 is 27.2 Å². The Balaban J connectivity index is 1.17. The zero-order valence-electron chi connectivity index (χ0n) is 23.5. The minimum absolute atomic E-state index is 0.147. The smallest absolute Gasteiger partial charge is 0.354 e. The number of nitrogens with zero attached hydrogens (tertiary/aromatic N) is 5. The summed E-state index contributed by atoms with van der Waals surface area (Å²) in [5.41, 5.74) is 12.0. The summed E-state index contributed by atoms with van der Waals surface area (Å²) >= 11 is 0. The molecule has 0 bridgehead atoms. The van der Waals surface area contributed by atoms with E-state index in [1.165, 1.54) is 4.57 Å². The van der Waals surface area contributed by atoms with Gasteiger partial charge in [0.25, 0.3) is 0 Å². The van der Waals surface area contributed by atoms with Crippen molar-refractivity contribution in [3.8, 4) is 11.4 Å². The number of amides is 3. The van der Waals surface area contributed by atoms with Crippen molar-refractivity contribution in [3.05, 3.63) is 46.5 Å². The normalized spacial score (nSPS) is 22.7. The number of carbonyl (C=O) groups is 2. The van der Waals surface area contributed by atoms with Gasteiger partial charge in [-0.2, -0.15) is 4.98 Å². The number of likely N-dealkylation sites (tertiary alicyclic amines) is 1. The fourth-order valence-corrected chi connectivity index (χ4v) is 6.02. The van der Waals surface area contributed by atoms with Crippen molar-refractivity contribution < 1.29 is 14.3 Å². The van der Waals surface area contributed by atoms with Crippen molar-refractivity contribution in [1.82, 2.24) is 24.3 Å². The number of aromatic nitrogens is 2. The van der Waals surface area contributed by atoms with E-state index in [2.05, 4.69) is 15.2 Å². The Morgan fingerprint density at radius 2 is 1.77 bits per heavy atom. The second kappa shape index (κ2) is 11.2. The Hall–Kier alpha value is -3.48. The minimum Gasteiger partial charge on any atom is -0.496 e. The van der Waals surface area contributed by atoms with Gasteiger partial charge in [-0.15, -0.1) is 0 Å². The molecule has 12 heteroatoms. The zero-order chi connectivity index (χ0) is 28.6. The first-order chi connectivity index (χ1) is 19.1.